The van der Waals surface area contributed by atoms with Gasteiger partial charge in [-0.05, 0) is 18.2 Å². The SMILES string of the molecule is O=C(/C=C/c1ccccc1OC(F)F)NCc1cccnc1-n1cncn1. The summed E-state index contributed by atoms with van der Waals surface area (Å²) in [5.74, 6) is 0.155. The topological polar surface area (TPSA) is 81.9 Å². The summed E-state index contributed by atoms with van der Waals surface area (Å²) in [4.78, 5) is 20.2. The molecule has 0 aliphatic carbocycles. The van der Waals surface area contributed by atoms with Crippen LogP contribution in [0.1, 0.15) is 11.1 Å². The van der Waals surface area contributed by atoms with Gasteiger partial charge in [-0.25, -0.2) is 14.6 Å². The lowest BCUT2D eigenvalue weighted by molar-refractivity contribution is -0.116. The third-order valence-electron chi connectivity index (χ3n) is 3.51. The van der Waals surface area contributed by atoms with E-state index in [1.807, 2.05) is 0 Å². The first kappa shape index (κ1) is 18.2. The molecule has 27 heavy (non-hydrogen) atoms. The number of aromatic nitrogens is 4. The van der Waals surface area contributed by atoms with Gasteiger partial charge in [0.15, 0.2) is 5.82 Å². The monoisotopic (exact) mass is 371 g/mol. The predicted octanol–water partition coefficient (Wildman–Crippen LogP) is 2.59. The molecule has 0 aliphatic rings. The first-order chi connectivity index (χ1) is 13.1. The maximum Gasteiger partial charge on any atom is 0.387 e. The van der Waals surface area contributed by atoms with Gasteiger partial charge in [0.2, 0.25) is 5.91 Å². The number of hydrogen-bond donors (Lipinski definition) is 1. The second-order valence-corrected chi connectivity index (χ2v) is 5.29. The Hall–Kier alpha value is -3.62. The summed E-state index contributed by atoms with van der Waals surface area (Å²) in [6, 6.07) is 9.77. The van der Waals surface area contributed by atoms with E-state index in [-0.39, 0.29) is 12.3 Å². The fourth-order valence-electron chi connectivity index (χ4n) is 2.32. The number of amides is 1. The number of nitrogens with one attached hydrogen (secondary N) is 1. The summed E-state index contributed by atoms with van der Waals surface area (Å²) in [6.45, 7) is -2.73. The van der Waals surface area contributed by atoms with E-state index >= 15 is 0 Å². The maximum atomic E-state index is 12.4. The van der Waals surface area contributed by atoms with Crippen LogP contribution in [0.5, 0.6) is 5.75 Å². The van der Waals surface area contributed by atoms with Gasteiger partial charge in [0.25, 0.3) is 0 Å². The summed E-state index contributed by atoms with van der Waals surface area (Å²) in [5.41, 5.74) is 1.11. The van der Waals surface area contributed by atoms with Gasteiger partial charge in [-0.1, -0.05) is 24.3 Å². The zero-order valence-corrected chi connectivity index (χ0v) is 14.0. The average molecular weight is 371 g/mol. The molecule has 9 heteroatoms. The van der Waals surface area contributed by atoms with Crippen LogP contribution in [0.2, 0.25) is 0 Å². The second-order valence-electron chi connectivity index (χ2n) is 5.29. The molecule has 0 aliphatic heterocycles. The lowest BCUT2D eigenvalue weighted by Gasteiger charge is -2.08. The molecule has 138 valence electrons. The Balaban J connectivity index is 1.66. The molecule has 0 saturated heterocycles. The number of rotatable bonds is 7. The molecule has 1 N–H and O–H groups in total. The Bertz CT molecular complexity index is 929. The number of halogens is 2. The summed E-state index contributed by atoms with van der Waals surface area (Å²) in [6.07, 6.45) is 7.17. The number of alkyl halides is 2. The van der Waals surface area contributed by atoms with Crippen molar-refractivity contribution in [3.8, 4) is 11.6 Å². The molecule has 0 spiro atoms. The molecular weight excluding hydrogens is 356 g/mol. The standard InChI is InChI=1S/C18H15F2N5O2/c19-18(20)27-15-6-2-1-4-13(15)7-8-16(26)23-10-14-5-3-9-22-17(14)25-12-21-11-24-25/h1-9,11-12,18H,10H2,(H,23,26)/b8-7+. The van der Waals surface area contributed by atoms with E-state index in [0.717, 1.165) is 5.56 Å². The molecule has 0 atom stereocenters. The van der Waals surface area contributed by atoms with Gasteiger partial charge in [0.1, 0.15) is 18.4 Å². The highest BCUT2D eigenvalue weighted by Crippen LogP contribution is 2.21. The van der Waals surface area contributed by atoms with Crippen molar-refractivity contribution in [2.45, 2.75) is 13.2 Å². The van der Waals surface area contributed by atoms with Crippen LogP contribution < -0.4 is 10.1 Å². The van der Waals surface area contributed by atoms with Crippen molar-refractivity contribution >= 4 is 12.0 Å². The van der Waals surface area contributed by atoms with Crippen molar-refractivity contribution in [1.29, 1.82) is 0 Å². The maximum absolute atomic E-state index is 12.4. The number of hydrogen-bond acceptors (Lipinski definition) is 5. The largest absolute Gasteiger partial charge is 0.434 e. The highest BCUT2D eigenvalue weighted by Gasteiger charge is 2.09. The van der Waals surface area contributed by atoms with Crippen molar-refractivity contribution in [2.24, 2.45) is 0 Å². The van der Waals surface area contributed by atoms with E-state index in [0.29, 0.717) is 11.4 Å². The Morgan fingerprint density at radius 2 is 2.11 bits per heavy atom. The van der Waals surface area contributed by atoms with Crippen LogP contribution in [0.25, 0.3) is 11.9 Å². The number of carbonyl (C=O) groups is 1. The van der Waals surface area contributed by atoms with Crippen LogP contribution in [0.15, 0.2) is 61.3 Å². The van der Waals surface area contributed by atoms with Gasteiger partial charge in [-0.2, -0.15) is 13.9 Å². The first-order valence-corrected chi connectivity index (χ1v) is 7.92. The molecule has 0 fully saturated rings. The lowest BCUT2D eigenvalue weighted by atomic mass is 10.2. The van der Waals surface area contributed by atoms with E-state index < -0.39 is 12.5 Å². The van der Waals surface area contributed by atoms with E-state index in [1.165, 1.54) is 35.6 Å². The van der Waals surface area contributed by atoms with Crippen molar-refractivity contribution in [1.82, 2.24) is 25.1 Å². The summed E-state index contributed by atoms with van der Waals surface area (Å²) < 4.78 is 30.8. The summed E-state index contributed by atoms with van der Waals surface area (Å²) in [5, 5.41) is 6.74. The number of nitrogens with zero attached hydrogens (tertiary/aromatic N) is 4. The molecular formula is C18H15F2N5O2. The van der Waals surface area contributed by atoms with Crippen LogP contribution in [0, 0.1) is 0 Å². The van der Waals surface area contributed by atoms with Gasteiger partial charge < -0.3 is 10.1 Å². The van der Waals surface area contributed by atoms with Crippen LogP contribution in [0.4, 0.5) is 8.78 Å². The summed E-state index contributed by atoms with van der Waals surface area (Å²) >= 11 is 0. The fourth-order valence-corrected chi connectivity index (χ4v) is 2.32. The third kappa shape index (κ3) is 4.94. The lowest BCUT2D eigenvalue weighted by Crippen LogP contribution is -2.21. The number of carbonyl (C=O) groups excluding carboxylic acids is 1. The smallest absolute Gasteiger partial charge is 0.387 e. The van der Waals surface area contributed by atoms with Crippen LogP contribution in [-0.4, -0.2) is 32.3 Å². The van der Waals surface area contributed by atoms with Crippen molar-refractivity contribution < 1.29 is 18.3 Å². The minimum atomic E-state index is -2.94. The van der Waals surface area contributed by atoms with Crippen LogP contribution >= 0.6 is 0 Å². The predicted molar refractivity (Wildman–Crippen MR) is 93.1 cm³/mol. The number of pyridine rings is 1. The molecule has 0 radical (unpaired) electrons. The minimum absolute atomic E-state index is 0.00252. The molecule has 1 aromatic carbocycles. The highest BCUT2D eigenvalue weighted by molar-refractivity contribution is 5.92. The van der Waals surface area contributed by atoms with Crippen molar-refractivity contribution in [3.05, 3.63) is 72.5 Å². The highest BCUT2D eigenvalue weighted by atomic mass is 19.3. The van der Waals surface area contributed by atoms with Crippen molar-refractivity contribution in [2.75, 3.05) is 0 Å². The number of para-hydroxylation sites is 1. The van der Waals surface area contributed by atoms with E-state index in [4.69, 9.17) is 0 Å². The Morgan fingerprint density at radius 1 is 1.26 bits per heavy atom. The first-order valence-electron chi connectivity index (χ1n) is 7.92. The summed E-state index contributed by atoms with van der Waals surface area (Å²) in [7, 11) is 0. The zero-order chi connectivity index (χ0) is 19.1. The Labute approximate surface area is 153 Å². The molecule has 3 rings (SSSR count). The van der Waals surface area contributed by atoms with Gasteiger partial charge in [-0.15, -0.1) is 0 Å². The normalized spacial score (nSPS) is 11.1. The third-order valence-corrected chi connectivity index (χ3v) is 3.51. The minimum Gasteiger partial charge on any atom is -0.434 e. The Kier molecular flexibility index (Phi) is 5.83. The quantitative estimate of drug-likeness (QED) is 0.646. The molecule has 0 bridgehead atoms. The molecule has 0 saturated carbocycles. The zero-order valence-electron chi connectivity index (χ0n) is 14.0. The second kappa shape index (κ2) is 8.65. The van der Waals surface area contributed by atoms with E-state index in [2.05, 4.69) is 25.1 Å². The number of ether oxygens (including phenoxy) is 1. The average Bonchev–Trinajstić information content (AvgIpc) is 3.20. The van der Waals surface area contributed by atoms with Gasteiger partial charge in [0.05, 0.1) is 0 Å². The van der Waals surface area contributed by atoms with Crippen molar-refractivity contribution in [3.63, 3.8) is 0 Å². The van der Waals surface area contributed by atoms with Gasteiger partial charge in [-0.3, -0.25) is 4.79 Å². The molecule has 1 amide bonds. The van der Waals surface area contributed by atoms with Gasteiger partial charge in [0, 0.05) is 29.9 Å². The van der Waals surface area contributed by atoms with E-state index in [9.17, 15) is 13.6 Å². The van der Waals surface area contributed by atoms with E-state index in [1.54, 1.807) is 36.5 Å². The van der Waals surface area contributed by atoms with Crippen LogP contribution in [-0.2, 0) is 11.3 Å². The molecule has 7 nitrogen and oxygen atoms in total. The molecule has 3 aromatic rings. The Morgan fingerprint density at radius 3 is 2.89 bits per heavy atom. The molecule has 2 aromatic heterocycles. The molecule has 2 heterocycles. The fraction of sp³-hybridized carbons (Fsp3) is 0.111. The van der Waals surface area contributed by atoms with Gasteiger partial charge >= 0.3 is 6.61 Å². The molecule has 0 unspecified atom stereocenters. The number of benzene rings is 1. The van der Waals surface area contributed by atoms with Crippen LogP contribution in [0.3, 0.4) is 0 Å².